The van der Waals surface area contributed by atoms with Gasteiger partial charge in [-0.05, 0) is 49.5 Å². The van der Waals surface area contributed by atoms with Crippen LogP contribution in [0.15, 0.2) is 41.2 Å². The molecule has 39 heavy (non-hydrogen) atoms. The minimum Gasteiger partial charge on any atom is -0.504 e. The largest absolute Gasteiger partial charge is 0.504 e. The van der Waals surface area contributed by atoms with Crippen LogP contribution in [0.3, 0.4) is 0 Å². The predicted molar refractivity (Wildman–Crippen MR) is 143 cm³/mol. The number of likely N-dealkylation sites (tertiary alicyclic amines) is 1. The number of hydrogen-bond acceptors (Lipinski definition) is 7. The molecule has 2 aromatic rings. The Kier molecular flexibility index (Phi) is 6.30. The van der Waals surface area contributed by atoms with E-state index in [0.29, 0.717) is 31.4 Å². The SMILES string of the molecule is CN(C(=O)/C=C/c1ccoc1)[C@@H]1CC[C@@]2(O)[C@H]3Cc4ccc(O)c5c4[C@@]2(CCN3C(=O)OCC(Cl)(Cl)Cl)[C@H]1O5. The standard InChI is InChI=1S/C27H27Cl3N2O7/c1-31(20(34)5-2-15-7-11-37-13-15)17-6-8-26(36)19-12-16-3-4-18(33)22-21(16)25(26,23(17)39-22)9-10-32(19)24(35)38-14-27(28,29)30/h2-5,7,11,13,17,19,23,33,36H,6,8-10,12,14H2,1H3/b5-2+/t17-,19-,23+,25+,26-/m1/s1. The van der Waals surface area contributed by atoms with E-state index in [1.165, 1.54) is 17.2 Å². The molecule has 9 nitrogen and oxygen atoms in total. The quantitative estimate of drug-likeness (QED) is 0.402. The maximum Gasteiger partial charge on any atom is 0.410 e. The van der Waals surface area contributed by atoms with Crippen LogP contribution in [-0.4, -0.2) is 79.8 Å². The van der Waals surface area contributed by atoms with Crippen LogP contribution in [0.25, 0.3) is 6.08 Å². The molecular weight excluding hydrogens is 571 g/mol. The maximum atomic E-state index is 13.2. The third-order valence-electron chi connectivity index (χ3n) is 8.83. The lowest BCUT2D eigenvalue weighted by Gasteiger charge is -2.64. The van der Waals surface area contributed by atoms with Crippen LogP contribution < -0.4 is 4.74 Å². The molecule has 1 aromatic carbocycles. The van der Waals surface area contributed by atoms with E-state index in [2.05, 4.69) is 0 Å². The number of amides is 2. The molecule has 2 amide bonds. The second-order valence-corrected chi connectivity index (χ2v) is 13.2. The highest BCUT2D eigenvalue weighted by Gasteiger charge is 2.74. The van der Waals surface area contributed by atoms with Gasteiger partial charge in [-0.25, -0.2) is 4.79 Å². The summed E-state index contributed by atoms with van der Waals surface area (Å²) in [5.41, 5.74) is 0.0512. The number of aromatic hydroxyl groups is 1. The van der Waals surface area contributed by atoms with Crippen LogP contribution >= 0.6 is 34.8 Å². The summed E-state index contributed by atoms with van der Waals surface area (Å²) in [4.78, 5) is 29.5. The Morgan fingerprint density at radius 3 is 2.79 bits per heavy atom. The smallest absolute Gasteiger partial charge is 0.410 e. The number of aliphatic hydroxyl groups is 1. The number of rotatable bonds is 4. The van der Waals surface area contributed by atoms with Crippen LogP contribution in [0.2, 0.25) is 0 Å². The Hall–Kier alpha value is -2.59. The zero-order valence-electron chi connectivity index (χ0n) is 21.0. The Balaban J connectivity index is 1.36. The fourth-order valence-corrected chi connectivity index (χ4v) is 7.34. The third-order valence-corrected chi connectivity index (χ3v) is 9.16. The fraction of sp³-hybridized carbons (Fsp3) is 0.481. The summed E-state index contributed by atoms with van der Waals surface area (Å²) in [6.45, 7) is -0.171. The summed E-state index contributed by atoms with van der Waals surface area (Å²) in [6.07, 6.45) is 6.29. The first-order valence-corrected chi connectivity index (χ1v) is 13.8. The third kappa shape index (κ3) is 4.00. The number of furan rings is 1. The van der Waals surface area contributed by atoms with Crippen LogP contribution in [-0.2, 0) is 21.4 Å². The zero-order valence-corrected chi connectivity index (χ0v) is 23.2. The Labute approximate surface area is 239 Å². The maximum absolute atomic E-state index is 13.2. The van der Waals surface area contributed by atoms with Gasteiger partial charge >= 0.3 is 6.09 Å². The topological polar surface area (TPSA) is 113 Å². The summed E-state index contributed by atoms with van der Waals surface area (Å²) in [6, 6.07) is 4.08. The Morgan fingerprint density at radius 1 is 1.28 bits per heavy atom. The van der Waals surface area contributed by atoms with Crippen LogP contribution in [0.4, 0.5) is 4.79 Å². The zero-order chi connectivity index (χ0) is 27.7. The van der Waals surface area contributed by atoms with Crippen molar-refractivity contribution in [2.45, 2.75) is 58.7 Å². The van der Waals surface area contributed by atoms with Crippen molar-refractivity contribution in [2.75, 3.05) is 20.2 Å². The molecule has 5 atom stereocenters. The Morgan fingerprint density at radius 2 is 2.08 bits per heavy atom. The highest BCUT2D eigenvalue weighted by molar-refractivity contribution is 6.67. The molecule has 2 N–H and O–H groups in total. The lowest BCUT2D eigenvalue weighted by atomic mass is 9.48. The van der Waals surface area contributed by atoms with Gasteiger partial charge in [-0.2, -0.15) is 0 Å². The van der Waals surface area contributed by atoms with Crippen molar-refractivity contribution in [1.29, 1.82) is 0 Å². The van der Waals surface area contributed by atoms with Crippen molar-refractivity contribution >= 4 is 52.9 Å². The molecule has 1 saturated heterocycles. The number of carbonyl (C=O) groups is 2. The molecule has 1 aromatic heterocycles. The number of nitrogens with zero attached hydrogens (tertiary/aromatic N) is 2. The van der Waals surface area contributed by atoms with Crippen LogP contribution in [0.5, 0.6) is 11.5 Å². The monoisotopic (exact) mass is 596 g/mol. The highest BCUT2D eigenvalue weighted by atomic mass is 35.6. The van der Waals surface area contributed by atoms with E-state index in [-0.39, 0.29) is 18.2 Å². The normalized spacial score (nSPS) is 30.6. The van der Waals surface area contributed by atoms with E-state index in [4.69, 9.17) is 48.7 Å². The summed E-state index contributed by atoms with van der Waals surface area (Å²) in [5.74, 6) is 0.0887. The molecule has 12 heteroatoms. The number of ether oxygens (including phenoxy) is 2. The molecular formula is C27H27Cl3N2O7. The number of carbonyl (C=O) groups excluding carboxylic acids is 2. The van der Waals surface area contributed by atoms with Crippen LogP contribution in [0.1, 0.15) is 36.0 Å². The summed E-state index contributed by atoms with van der Waals surface area (Å²) < 4.78 is 15.1. The van der Waals surface area contributed by atoms with E-state index >= 15 is 0 Å². The van der Waals surface area contributed by atoms with Crippen molar-refractivity contribution in [3.05, 3.63) is 53.5 Å². The van der Waals surface area contributed by atoms with Crippen molar-refractivity contribution in [3.8, 4) is 11.5 Å². The molecule has 1 spiro atoms. The number of likely N-dealkylation sites (N-methyl/N-ethyl adjacent to an activating group) is 1. The lowest BCUT2D eigenvalue weighted by Crippen LogP contribution is -2.78. The van der Waals surface area contributed by atoms with Gasteiger partial charge in [-0.15, -0.1) is 0 Å². The van der Waals surface area contributed by atoms with E-state index in [1.807, 2.05) is 0 Å². The highest BCUT2D eigenvalue weighted by Crippen LogP contribution is 2.65. The van der Waals surface area contributed by atoms with Gasteiger partial charge in [-0.3, -0.25) is 4.79 Å². The molecule has 2 aliphatic heterocycles. The second kappa shape index (κ2) is 9.23. The van der Waals surface area contributed by atoms with E-state index < -0.39 is 45.7 Å². The van der Waals surface area contributed by atoms with Crippen molar-refractivity contribution in [2.24, 2.45) is 0 Å². The number of phenols is 1. The first-order valence-electron chi connectivity index (χ1n) is 12.7. The minimum absolute atomic E-state index is 0.0181. The number of alkyl halides is 3. The van der Waals surface area contributed by atoms with Gasteiger partial charge in [-0.1, -0.05) is 40.9 Å². The van der Waals surface area contributed by atoms with E-state index in [9.17, 15) is 19.8 Å². The number of benzene rings is 1. The number of halogens is 3. The van der Waals surface area contributed by atoms with Crippen molar-refractivity contribution < 1.29 is 33.7 Å². The predicted octanol–water partition coefficient (Wildman–Crippen LogP) is 4.19. The number of piperidine rings is 1. The molecule has 4 aliphatic rings. The van der Waals surface area contributed by atoms with Gasteiger partial charge in [0.25, 0.3) is 0 Å². The van der Waals surface area contributed by atoms with Gasteiger partial charge in [0.2, 0.25) is 9.70 Å². The average molecular weight is 598 g/mol. The molecule has 208 valence electrons. The first kappa shape index (κ1) is 26.6. The first-order chi connectivity index (χ1) is 18.5. The molecule has 0 unspecified atom stereocenters. The number of hydrogen-bond donors (Lipinski definition) is 2. The lowest BCUT2D eigenvalue weighted by molar-refractivity contribution is -0.194. The molecule has 1 saturated carbocycles. The Bertz CT molecular complexity index is 1340. The fourth-order valence-electron chi connectivity index (χ4n) is 7.18. The number of phenolic OH excluding ortho intramolecular Hbond substituents is 1. The summed E-state index contributed by atoms with van der Waals surface area (Å²) in [7, 11) is 1.71. The molecule has 2 fully saturated rings. The van der Waals surface area contributed by atoms with Gasteiger partial charge in [0.1, 0.15) is 12.7 Å². The summed E-state index contributed by atoms with van der Waals surface area (Å²) in [5, 5.41) is 23.3. The van der Waals surface area contributed by atoms with Crippen LogP contribution in [0, 0.1) is 0 Å². The van der Waals surface area contributed by atoms with E-state index in [0.717, 1.165) is 16.7 Å². The summed E-state index contributed by atoms with van der Waals surface area (Å²) >= 11 is 17.4. The van der Waals surface area contributed by atoms with Crippen molar-refractivity contribution in [3.63, 3.8) is 0 Å². The molecule has 2 bridgehead atoms. The van der Waals surface area contributed by atoms with Gasteiger partial charge in [0.15, 0.2) is 11.5 Å². The van der Waals surface area contributed by atoms with Gasteiger partial charge in [0, 0.05) is 30.8 Å². The van der Waals surface area contributed by atoms with E-state index in [1.54, 1.807) is 42.5 Å². The molecule has 0 radical (unpaired) electrons. The molecule has 3 heterocycles. The second-order valence-electron chi connectivity index (χ2n) is 10.7. The molecule has 2 aliphatic carbocycles. The average Bonchev–Trinajstić information content (AvgIpc) is 3.52. The van der Waals surface area contributed by atoms with Gasteiger partial charge < -0.3 is 33.9 Å². The van der Waals surface area contributed by atoms with Gasteiger partial charge in [0.05, 0.1) is 35.6 Å². The van der Waals surface area contributed by atoms with Crippen molar-refractivity contribution in [1.82, 2.24) is 9.80 Å². The minimum atomic E-state index is -1.76. The molecule has 6 rings (SSSR count).